The molecule has 0 aliphatic rings. The van der Waals surface area contributed by atoms with Gasteiger partial charge >= 0.3 is 0 Å². The molecule has 0 radical (unpaired) electrons. The summed E-state index contributed by atoms with van der Waals surface area (Å²) >= 11 is 0. The second-order valence-electron chi connectivity index (χ2n) is 4.89. The monoisotopic (exact) mass is 291 g/mol. The zero-order valence-corrected chi connectivity index (χ0v) is 12.0. The molecule has 0 bridgehead atoms. The van der Waals surface area contributed by atoms with E-state index in [1.807, 2.05) is 20.0 Å². The summed E-state index contributed by atoms with van der Waals surface area (Å²) < 4.78 is 29.8. The molecule has 5 nitrogen and oxygen atoms in total. The Hall–Kier alpha value is -2.31. The van der Waals surface area contributed by atoms with E-state index >= 15 is 0 Å². The number of nitrogens with zero attached hydrogens (tertiary/aromatic N) is 5. The first-order valence-electron chi connectivity index (χ1n) is 6.66. The van der Waals surface area contributed by atoms with Crippen molar-refractivity contribution in [3.05, 3.63) is 29.7 Å². The normalized spacial score (nSPS) is 11.7. The molecular formula is C14H15F2N5. The molecule has 0 amide bonds. The average Bonchev–Trinajstić information content (AvgIpc) is 3.01. The Morgan fingerprint density at radius 1 is 1.33 bits per heavy atom. The number of pyridine rings is 1. The standard InChI is InChI=1S/C14H15F2N5/c1-4-21-7-11(8(2)19-21)12-5-9(13(15)16)10-6-17-20(3)14(10)18-12/h5-7,13H,4H2,1-3H3. The van der Waals surface area contributed by atoms with Crippen molar-refractivity contribution >= 4 is 11.0 Å². The molecular weight excluding hydrogens is 276 g/mol. The predicted molar refractivity (Wildman–Crippen MR) is 75.1 cm³/mol. The summed E-state index contributed by atoms with van der Waals surface area (Å²) in [7, 11) is 1.69. The molecule has 3 heterocycles. The molecule has 0 unspecified atom stereocenters. The molecule has 0 aliphatic carbocycles. The van der Waals surface area contributed by atoms with Gasteiger partial charge in [-0.15, -0.1) is 0 Å². The third-order valence-electron chi connectivity index (χ3n) is 3.52. The Bertz CT molecular complexity index is 803. The Balaban J connectivity index is 2.27. The highest BCUT2D eigenvalue weighted by atomic mass is 19.3. The van der Waals surface area contributed by atoms with Gasteiger partial charge in [0.25, 0.3) is 6.43 Å². The van der Waals surface area contributed by atoms with Crippen LogP contribution in [0.3, 0.4) is 0 Å². The average molecular weight is 291 g/mol. The van der Waals surface area contributed by atoms with E-state index in [4.69, 9.17) is 0 Å². The minimum Gasteiger partial charge on any atom is -0.272 e. The van der Waals surface area contributed by atoms with Gasteiger partial charge in [-0.2, -0.15) is 10.2 Å². The summed E-state index contributed by atoms with van der Waals surface area (Å²) in [6.07, 6.45) is 0.686. The van der Waals surface area contributed by atoms with Gasteiger partial charge in [-0.25, -0.2) is 13.8 Å². The maximum Gasteiger partial charge on any atom is 0.264 e. The largest absolute Gasteiger partial charge is 0.272 e. The molecule has 0 fully saturated rings. The van der Waals surface area contributed by atoms with Crippen molar-refractivity contribution in [3.8, 4) is 11.3 Å². The van der Waals surface area contributed by atoms with Gasteiger partial charge in [0.05, 0.1) is 17.6 Å². The maximum absolute atomic E-state index is 13.3. The van der Waals surface area contributed by atoms with Gasteiger partial charge in [0.15, 0.2) is 5.65 Å². The quantitative estimate of drug-likeness (QED) is 0.745. The minimum absolute atomic E-state index is 0.0493. The number of rotatable bonds is 3. The second kappa shape index (κ2) is 4.91. The smallest absolute Gasteiger partial charge is 0.264 e. The highest BCUT2D eigenvalue weighted by Crippen LogP contribution is 2.31. The molecule has 7 heteroatoms. The van der Waals surface area contributed by atoms with Crippen molar-refractivity contribution in [2.24, 2.45) is 7.05 Å². The maximum atomic E-state index is 13.3. The number of fused-ring (bicyclic) bond motifs is 1. The van der Waals surface area contributed by atoms with Crippen LogP contribution in [0.25, 0.3) is 22.3 Å². The van der Waals surface area contributed by atoms with Crippen molar-refractivity contribution in [2.45, 2.75) is 26.8 Å². The number of aryl methyl sites for hydroxylation is 3. The van der Waals surface area contributed by atoms with E-state index in [-0.39, 0.29) is 5.56 Å². The molecule has 0 aliphatic heterocycles. The lowest BCUT2D eigenvalue weighted by molar-refractivity contribution is 0.153. The van der Waals surface area contributed by atoms with Gasteiger partial charge in [-0.05, 0) is 19.9 Å². The van der Waals surface area contributed by atoms with E-state index in [0.29, 0.717) is 16.7 Å². The van der Waals surface area contributed by atoms with Crippen LogP contribution in [0.5, 0.6) is 0 Å². The summed E-state index contributed by atoms with van der Waals surface area (Å²) in [6, 6.07) is 1.43. The van der Waals surface area contributed by atoms with Crippen LogP contribution in [0.15, 0.2) is 18.5 Å². The van der Waals surface area contributed by atoms with Crippen LogP contribution in [0.4, 0.5) is 8.78 Å². The lowest BCUT2D eigenvalue weighted by atomic mass is 10.1. The van der Waals surface area contributed by atoms with E-state index in [0.717, 1.165) is 17.8 Å². The lowest BCUT2D eigenvalue weighted by Crippen LogP contribution is -1.96. The van der Waals surface area contributed by atoms with E-state index in [9.17, 15) is 8.78 Å². The first-order valence-corrected chi connectivity index (χ1v) is 6.66. The van der Waals surface area contributed by atoms with E-state index in [1.54, 1.807) is 11.7 Å². The molecule has 0 N–H and O–H groups in total. The predicted octanol–water partition coefficient (Wildman–Crippen LogP) is 3.10. The first-order chi connectivity index (χ1) is 10.0. The lowest BCUT2D eigenvalue weighted by Gasteiger charge is -2.06. The zero-order valence-electron chi connectivity index (χ0n) is 12.0. The Morgan fingerprint density at radius 2 is 2.10 bits per heavy atom. The summed E-state index contributed by atoms with van der Waals surface area (Å²) in [4.78, 5) is 4.47. The van der Waals surface area contributed by atoms with Crippen molar-refractivity contribution in [2.75, 3.05) is 0 Å². The molecule has 0 saturated heterocycles. The number of halogens is 2. The van der Waals surface area contributed by atoms with Gasteiger partial charge in [-0.1, -0.05) is 0 Å². The summed E-state index contributed by atoms with van der Waals surface area (Å²) in [5.41, 5.74) is 2.43. The van der Waals surface area contributed by atoms with E-state index in [2.05, 4.69) is 15.2 Å². The summed E-state index contributed by atoms with van der Waals surface area (Å²) in [6.45, 7) is 4.54. The van der Waals surface area contributed by atoms with Crippen molar-refractivity contribution in [1.82, 2.24) is 24.5 Å². The number of alkyl halides is 2. The van der Waals surface area contributed by atoms with Crippen LogP contribution in [0.2, 0.25) is 0 Å². The number of hydrogen-bond acceptors (Lipinski definition) is 3. The minimum atomic E-state index is -2.57. The Morgan fingerprint density at radius 3 is 2.71 bits per heavy atom. The Kier molecular flexibility index (Phi) is 3.19. The van der Waals surface area contributed by atoms with Gasteiger partial charge in [0.2, 0.25) is 0 Å². The molecule has 0 atom stereocenters. The van der Waals surface area contributed by atoms with Gasteiger partial charge in [0, 0.05) is 36.3 Å². The highest BCUT2D eigenvalue weighted by Gasteiger charge is 2.19. The van der Waals surface area contributed by atoms with Crippen molar-refractivity contribution in [1.29, 1.82) is 0 Å². The van der Waals surface area contributed by atoms with Crippen LogP contribution >= 0.6 is 0 Å². The van der Waals surface area contributed by atoms with Crippen LogP contribution < -0.4 is 0 Å². The third-order valence-corrected chi connectivity index (χ3v) is 3.52. The third kappa shape index (κ3) is 2.18. The molecule has 0 saturated carbocycles. The van der Waals surface area contributed by atoms with Crippen molar-refractivity contribution in [3.63, 3.8) is 0 Å². The summed E-state index contributed by atoms with van der Waals surface area (Å²) in [5.74, 6) is 0. The molecule has 3 rings (SSSR count). The SMILES string of the molecule is CCn1cc(-c2cc(C(F)F)c3cnn(C)c3n2)c(C)n1. The fraction of sp³-hybridized carbons (Fsp3) is 0.357. The van der Waals surface area contributed by atoms with Crippen LogP contribution in [0.1, 0.15) is 24.6 Å². The van der Waals surface area contributed by atoms with Gasteiger partial charge < -0.3 is 0 Å². The zero-order chi connectivity index (χ0) is 15.1. The molecule has 3 aromatic heterocycles. The summed E-state index contributed by atoms with van der Waals surface area (Å²) in [5, 5.41) is 8.74. The van der Waals surface area contributed by atoms with Gasteiger partial charge in [-0.3, -0.25) is 9.36 Å². The first kappa shape index (κ1) is 13.7. The molecule has 0 spiro atoms. The fourth-order valence-corrected chi connectivity index (χ4v) is 2.39. The fourth-order valence-electron chi connectivity index (χ4n) is 2.39. The second-order valence-corrected chi connectivity index (χ2v) is 4.89. The molecule has 21 heavy (non-hydrogen) atoms. The van der Waals surface area contributed by atoms with Crippen LogP contribution in [-0.4, -0.2) is 24.5 Å². The Labute approximate surface area is 120 Å². The van der Waals surface area contributed by atoms with E-state index in [1.165, 1.54) is 16.9 Å². The molecule has 110 valence electrons. The number of aromatic nitrogens is 5. The highest BCUT2D eigenvalue weighted by molar-refractivity contribution is 5.82. The van der Waals surface area contributed by atoms with Crippen LogP contribution in [-0.2, 0) is 13.6 Å². The van der Waals surface area contributed by atoms with E-state index < -0.39 is 6.43 Å². The molecule has 0 aromatic carbocycles. The van der Waals surface area contributed by atoms with Crippen LogP contribution in [0, 0.1) is 6.92 Å². The van der Waals surface area contributed by atoms with Crippen molar-refractivity contribution < 1.29 is 8.78 Å². The topological polar surface area (TPSA) is 48.5 Å². The van der Waals surface area contributed by atoms with Gasteiger partial charge in [0.1, 0.15) is 0 Å². The number of hydrogen-bond donors (Lipinski definition) is 0. The molecule has 3 aromatic rings.